The summed E-state index contributed by atoms with van der Waals surface area (Å²) >= 11 is 6.21. The lowest BCUT2D eigenvalue weighted by Crippen LogP contribution is -2.41. The van der Waals surface area contributed by atoms with E-state index in [1.807, 2.05) is 0 Å². The molecule has 0 spiro atoms. The maximum atomic E-state index is 13.4. The zero-order chi connectivity index (χ0) is 28.3. The minimum atomic E-state index is -4.22. The van der Waals surface area contributed by atoms with Crippen LogP contribution in [0.5, 0.6) is 11.6 Å². The highest BCUT2D eigenvalue weighted by atomic mass is 35.5. The van der Waals surface area contributed by atoms with Crippen molar-refractivity contribution in [1.29, 1.82) is 0 Å². The van der Waals surface area contributed by atoms with Crippen LogP contribution in [-0.2, 0) is 14.8 Å². The first-order valence-electron chi connectivity index (χ1n) is 12.2. The van der Waals surface area contributed by atoms with Gasteiger partial charge in [0.25, 0.3) is 11.6 Å². The van der Waals surface area contributed by atoms with Crippen LogP contribution in [0.1, 0.15) is 36.3 Å². The molecule has 1 amide bonds. The topological polar surface area (TPSA) is 146 Å². The Morgan fingerprint density at radius 2 is 1.97 bits per heavy atom. The van der Waals surface area contributed by atoms with Crippen molar-refractivity contribution >= 4 is 33.2 Å². The largest absolute Gasteiger partial charge is 0.437 e. The highest BCUT2D eigenvalue weighted by Gasteiger charge is 2.30. The second-order valence-corrected chi connectivity index (χ2v) is 11.1. The number of carbonyl (C=O) groups excluding carboxylic acids is 1. The minimum absolute atomic E-state index is 0.0581. The maximum absolute atomic E-state index is 13.4. The molecule has 14 heteroatoms. The number of morpholine rings is 1. The molecule has 1 aliphatic rings. The summed E-state index contributed by atoms with van der Waals surface area (Å²) in [6, 6.07) is 9.54. The third kappa shape index (κ3) is 6.22. The number of hydrogen-bond acceptors (Lipinski definition) is 8. The Kier molecular flexibility index (Phi) is 8.54. The van der Waals surface area contributed by atoms with Crippen molar-refractivity contribution in [2.45, 2.75) is 38.1 Å². The highest BCUT2D eigenvalue weighted by molar-refractivity contribution is 7.89. The van der Waals surface area contributed by atoms with Gasteiger partial charge in [0.1, 0.15) is 10.6 Å². The fraction of sp³-hybridized carbons (Fsp3) is 0.360. The third-order valence-corrected chi connectivity index (χ3v) is 8.07. The lowest BCUT2D eigenvalue weighted by molar-refractivity contribution is -0.385. The Morgan fingerprint density at radius 1 is 1.26 bits per heavy atom. The van der Waals surface area contributed by atoms with E-state index in [9.17, 15) is 23.3 Å². The molecule has 4 rings (SSSR count). The lowest BCUT2D eigenvalue weighted by Gasteiger charge is -2.26. The maximum Gasteiger partial charge on any atom is 0.274 e. The van der Waals surface area contributed by atoms with Crippen molar-refractivity contribution in [3.05, 3.63) is 68.9 Å². The number of benzene rings is 2. The number of sulfonamides is 1. The molecule has 208 valence electrons. The molecule has 1 N–H and O–H groups in total. The van der Waals surface area contributed by atoms with Gasteiger partial charge in [0.2, 0.25) is 15.9 Å². The van der Waals surface area contributed by atoms with Crippen LogP contribution in [0.25, 0.3) is 5.69 Å². The average molecular weight is 578 g/mol. The zero-order valence-electron chi connectivity index (χ0n) is 21.6. The minimum Gasteiger partial charge on any atom is -0.437 e. The third-order valence-electron chi connectivity index (χ3n) is 6.22. The zero-order valence-corrected chi connectivity index (χ0v) is 23.2. The van der Waals surface area contributed by atoms with Crippen LogP contribution in [0.2, 0.25) is 5.02 Å². The molecule has 1 fully saturated rings. The summed E-state index contributed by atoms with van der Waals surface area (Å²) in [4.78, 5) is 25.3. The van der Waals surface area contributed by atoms with Crippen LogP contribution in [0.3, 0.4) is 0 Å². The van der Waals surface area contributed by atoms with Crippen LogP contribution >= 0.6 is 11.6 Å². The van der Waals surface area contributed by atoms with E-state index in [0.717, 1.165) is 12.1 Å². The first kappa shape index (κ1) is 28.5. The molecule has 3 aromatic rings. The van der Waals surface area contributed by atoms with Crippen molar-refractivity contribution in [1.82, 2.24) is 19.4 Å². The standard InChI is InChI=1S/C25H28ClN5O7S/c1-4-16(2)28-39(35,36)22-15-20(31(33)34)8-9-21(22)38-25-17(3)23(24(32)29-10-12-37-13-11-29)27-30(25)19-7-5-6-18(26)14-19/h5-9,14-16,28H,4,10-13H2,1-3H3/t16-/m1/s1. The predicted octanol–water partition coefficient (Wildman–Crippen LogP) is 4.08. The van der Waals surface area contributed by atoms with Gasteiger partial charge >= 0.3 is 0 Å². The first-order chi connectivity index (χ1) is 18.5. The van der Waals surface area contributed by atoms with E-state index in [2.05, 4.69) is 9.82 Å². The van der Waals surface area contributed by atoms with E-state index in [0.29, 0.717) is 49.0 Å². The van der Waals surface area contributed by atoms with Gasteiger partial charge < -0.3 is 14.4 Å². The number of amides is 1. The average Bonchev–Trinajstić information content (AvgIpc) is 3.24. The van der Waals surface area contributed by atoms with Crippen LogP contribution in [-0.4, -0.2) is 66.3 Å². The molecule has 0 bridgehead atoms. The van der Waals surface area contributed by atoms with Crippen LogP contribution in [0.15, 0.2) is 47.4 Å². The Bertz CT molecular complexity index is 1500. The number of nitrogens with one attached hydrogen (secondary N) is 1. The Balaban J connectivity index is 1.86. The second kappa shape index (κ2) is 11.7. The fourth-order valence-electron chi connectivity index (χ4n) is 3.92. The summed E-state index contributed by atoms with van der Waals surface area (Å²) in [5.74, 6) is -0.452. The Morgan fingerprint density at radius 3 is 2.62 bits per heavy atom. The number of hydrogen-bond donors (Lipinski definition) is 1. The van der Waals surface area contributed by atoms with Crippen molar-refractivity contribution in [3.8, 4) is 17.3 Å². The number of carbonyl (C=O) groups is 1. The van der Waals surface area contributed by atoms with Gasteiger partial charge in [-0.15, -0.1) is 0 Å². The van der Waals surface area contributed by atoms with Gasteiger partial charge in [0.15, 0.2) is 5.69 Å². The molecule has 0 aliphatic carbocycles. The van der Waals surface area contributed by atoms with Gasteiger partial charge in [-0.2, -0.15) is 9.78 Å². The normalized spacial score (nSPS) is 14.7. The quantitative estimate of drug-likeness (QED) is 0.296. The number of non-ortho nitro benzene ring substituents is 1. The van der Waals surface area contributed by atoms with Gasteiger partial charge in [0, 0.05) is 41.9 Å². The molecular weight excluding hydrogens is 550 g/mol. The first-order valence-corrected chi connectivity index (χ1v) is 14.1. The number of nitrogens with zero attached hydrogens (tertiary/aromatic N) is 4. The van der Waals surface area contributed by atoms with Gasteiger partial charge in [0.05, 0.1) is 23.8 Å². The van der Waals surface area contributed by atoms with Crippen molar-refractivity contribution in [3.63, 3.8) is 0 Å². The van der Waals surface area contributed by atoms with Crippen molar-refractivity contribution in [2.24, 2.45) is 0 Å². The second-order valence-electron chi connectivity index (χ2n) is 9.00. The number of nitro groups is 1. The van der Waals surface area contributed by atoms with Crippen LogP contribution in [0.4, 0.5) is 5.69 Å². The monoisotopic (exact) mass is 577 g/mol. The summed E-state index contributed by atoms with van der Waals surface area (Å²) in [6.45, 7) is 6.70. The number of aromatic nitrogens is 2. The molecule has 1 saturated heterocycles. The number of nitro benzene ring substituents is 1. The van der Waals surface area contributed by atoms with E-state index >= 15 is 0 Å². The Hall–Kier alpha value is -3.52. The highest BCUT2D eigenvalue weighted by Crippen LogP contribution is 2.36. The molecule has 1 atom stereocenters. The predicted molar refractivity (Wildman–Crippen MR) is 143 cm³/mol. The van der Waals surface area contributed by atoms with Crippen molar-refractivity contribution in [2.75, 3.05) is 26.3 Å². The summed E-state index contributed by atoms with van der Waals surface area (Å²) < 4.78 is 41.9. The van der Waals surface area contributed by atoms with Crippen molar-refractivity contribution < 1.29 is 27.6 Å². The molecular formula is C25H28ClN5O7S. The van der Waals surface area contributed by atoms with Gasteiger partial charge in [-0.05, 0) is 44.5 Å². The van der Waals surface area contributed by atoms with E-state index < -0.39 is 31.6 Å². The summed E-state index contributed by atoms with van der Waals surface area (Å²) in [6.07, 6.45) is 0.498. The fourth-order valence-corrected chi connectivity index (χ4v) is 5.58. The molecule has 0 radical (unpaired) electrons. The number of rotatable bonds is 9. The molecule has 0 saturated carbocycles. The molecule has 1 aliphatic heterocycles. The smallest absolute Gasteiger partial charge is 0.274 e. The van der Waals surface area contributed by atoms with E-state index in [-0.39, 0.29) is 23.2 Å². The molecule has 1 aromatic heterocycles. The molecule has 0 unspecified atom stereocenters. The molecule has 12 nitrogen and oxygen atoms in total. The van der Waals surface area contributed by atoms with E-state index in [4.69, 9.17) is 21.1 Å². The van der Waals surface area contributed by atoms with E-state index in [1.54, 1.807) is 49.9 Å². The number of ether oxygens (including phenoxy) is 2. The molecule has 2 heterocycles. The van der Waals surface area contributed by atoms with Gasteiger partial charge in [-0.3, -0.25) is 14.9 Å². The summed E-state index contributed by atoms with van der Waals surface area (Å²) in [5.41, 5.74) is 0.500. The lowest BCUT2D eigenvalue weighted by atomic mass is 10.2. The van der Waals surface area contributed by atoms with Gasteiger partial charge in [-0.25, -0.2) is 13.1 Å². The SMILES string of the molecule is CC[C@@H](C)NS(=O)(=O)c1cc([N+](=O)[O-])ccc1Oc1c(C)c(C(=O)N2CCOCC2)nn1-c1cccc(Cl)c1. The summed E-state index contributed by atoms with van der Waals surface area (Å²) in [5, 5.41) is 16.4. The van der Waals surface area contributed by atoms with Gasteiger partial charge in [-0.1, -0.05) is 24.6 Å². The van der Waals surface area contributed by atoms with Crippen LogP contribution in [0, 0.1) is 17.0 Å². The Labute approximate surface area is 230 Å². The summed E-state index contributed by atoms with van der Waals surface area (Å²) in [7, 11) is -4.22. The van der Waals surface area contributed by atoms with E-state index in [1.165, 1.54) is 10.7 Å². The van der Waals surface area contributed by atoms with Crippen LogP contribution < -0.4 is 9.46 Å². The molecule has 2 aromatic carbocycles. The molecule has 39 heavy (non-hydrogen) atoms. The number of halogens is 1.